The monoisotopic (exact) mass is 483 g/mol. The van der Waals surface area contributed by atoms with Crippen molar-refractivity contribution < 1.29 is 32.8 Å². The first-order valence-electron chi connectivity index (χ1n) is 11.5. The summed E-state index contributed by atoms with van der Waals surface area (Å²) in [7, 11) is -0.840. The number of nitrogens with one attached hydrogen (secondary N) is 1. The predicted octanol–water partition coefficient (Wildman–Crippen LogP) is 4.94. The summed E-state index contributed by atoms with van der Waals surface area (Å²) >= 11 is 0. The van der Waals surface area contributed by atoms with Crippen molar-refractivity contribution in [1.82, 2.24) is 5.32 Å². The van der Waals surface area contributed by atoms with Gasteiger partial charge in [0.2, 0.25) is 0 Å². The molecule has 0 aliphatic carbocycles. The van der Waals surface area contributed by atoms with Gasteiger partial charge in [-0.2, -0.15) is 0 Å². The Hall–Kier alpha value is -3.17. The molecule has 0 aromatic heterocycles. The van der Waals surface area contributed by atoms with E-state index in [4.69, 9.17) is 18.8 Å². The maximum atomic E-state index is 14.1. The second-order valence-corrected chi connectivity index (χ2v) is 9.17. The molecule has 3 rings (SSSR count). The topological polar surface area (TPSA) is 83.1 Å². The molecule has 9 heteroatoms. The quantitative estimate of drug-likeness (QED) is 0.423. The van der Waals surface area contributed by atoms with Crippen molar-refractivity contribution in [2.45, 2.75) is 52.4 Å². The van der Waals surface area contributed by atoms with E-state index in [-0.39, 0.29) is 30.9 Å². The molecular weight excluding hydrogens is 452 g/mol. The number of amides is 1. The van der Waals surface area contributed by atoms with Crippen molar-refractivity contribution in [2.24, 2.45) is 0 Å². The number of alkyl carbamates (subject to hydrolysis) is 1. The average molecular weight is 483 g/mol. The molecule has 7 nitrogen and oxygen atoms in total. The number of benzene rings is 2. The van der Waals surface area contributed by atoms with Crippen molar-refractivity contribution in [2.75, 3.05) is 13.2 Å². The minimum absolute atomic E-state index is 0.0107. The molecule has 1 aliphatic rings. The largest absolute Gasteiger partial charge is 0.492 e. The van der Waals surface area contributed by atoms with Crippen LogP contribution in [-0.2, 0) is 25.4 Å². The fourth-order valence-electron chi connectivity index (χ4n) is 3.39. The molecular formula is C26H31BFNO6. The maximum Gasteiger partial charge on any atom is 0.492 e. The van der Waals surface area contributed by atoms with Crippen LogP contribution in [0, 0.1) is 5.82 Å². The van der Waals surface area contributed by atoms with Crippen LogP contribution in [-0.4, -0.2) is 43.5 Å². The second kappa shape index (κ2) is 11.1. The summed E-state index contributed by atoms with van der Waals surface area (Å²) in [4.78, 5) is 24.8. The van der Waals surface area contributed by atoms with Gasteiger partial charge in [0.1, 0.15) is 12.4 Å². The Kier molecular flexibility index (Phi) is 8.35. The Morgan fingerprint density at radius 3 is 2.31 bits per heavy atom. The molecule has 0 atom stereocenters. The van der Waals surface area contributed by atoms with E-state index in [1.165, 1.54) is 18.2 Å². The minimum atomic E-state index is -0.840. The van der Waals surface area contributed by atoms with Crippen molar-refractivity contribution in [1.29, 1.82) is 0 Å². The molecule has 0 bridgehead atoms. The molecule has 0 unspecified atom stereocenters. The summed E-state index contributed by atoms with van der Waals surface area (Å²) in [5.74, 6) is -1.10. The molecule has 2 aromatic carbocycles. The van der Waals surface area contributed by atoms with Crippen LogP contribution >= 0.6 is 0 Å². The highest BCUT2D eigenvalue weighted by Crippen LogP contribution is 2.39. The van der Waals surface area contributed by atoms with Crippen LogP contribution in [0.25, 0.3) is 6.08 Å². The normalized spacial score (nSPS) is 16.6. The third-order valence-electron chi connectivity index (χ3n) is 6.06. The maximum absolute atomic E-state index is 14.1. The Labute approximate surface area is 205 Å². The van der Waals surface area contributed by atoms with Gasteiger partial charge in [-0.05, 0) is 69.4 Å². The molecule has 186 valence electrons. The lowest BCUT2D eigenvalue weighted by molar-refractivity contribution is 0.00578. The Balaban J connectivity index is 1.85. The summed E-state index contributed by atoms with van der Waals surface area (Å²) in [6.07, 6.45) is 0.940. The molecule has 0 spiro atoms. The van der Waals surface area contributed by atoms with E-state index in [2.05, 4.69) is 5.32 Å². The van der Waals surface area contributed by atoms with Gasteiger partial charge in [0.15, 0.2) is 0 Å². The van der Waals surface area contributed by atoms with Crippen LogP contribution in [0.15, 0.2) is 54.0 Å². The van der Waals surface area contributed by atoms with E-state index >= 15 is 0 Å². The predicted molar refractivity (Wildman–Crippen MR) is 131 cm³/mol. The van der Waals surface area contributed by atoms with Gasteiger partial charge < -0.3 is 24.1 Å². The first-order chi connectivity index (χ1) is 16.5. The number of rotatable bonds is 8. The van der Waals surface area contributed by atoms with Gasteiger partial charge in [0.05, 0.1) is 23.4 Å². The van der Waals surface area contributed by atoms with Gasteiger partial charge in [0.25, 0.3) is 0 Å². The highest BCUT2D eigenvalue weighted by molar-refractivity contribution is 6.56. The number of carbonyl (C=O) groups is 2. The molecule has 1 N–H and O–H groups in total. The molecule has 2 aromatic rings. The third kappa shape index (κ3) is 6.71. The third-order valence-corrected chi connectivity index (χ3v) is 6.06. The van der Waals surface area contributed by atoms with Crippen LogP contribution in [0.5, 0.6) is 0 Å². The zero-order chi connectivity index (χ0) is 25.6. The molecule has 1 heterocycles. The van der Waals surface area contributed by atoms with Crippen LogP contribution in [0.4, 0.5) is 9.18 Å². The lowest BCUT2D eigenvalue weighted by atomic mass is 9.76. The second-order valence-electron chi connectivity index (χ2n) is 9.17. The van der Waals surface area contributed by atoms with E-state index < -0.39 is 36.2 Å². The van der Waals surface area contributed by atoms with Crippen molar-refractivity contribution >= 4 is 25.3 Å². The number of carbonyl (C=O) groups excluding carboxylic acids is 2. The molecule has 0 saturated carbocycles. The average Bonchev–Trinajstić information content (AvgIpc) is 3.02. The molecule has 1 amide bonds. The van der Waals surface area contributed by atoms with Crippen molar-refractivity contribution in [3.8, 4) is 0 Å². The number of esters is 1. The summed E-state index contributed by atoms with van der Waals surface area (Å²) in [5.41, 5.74) is 0.522. The lowest BCUT2D eigenvalue weighted by Gasteiger charge is -2.32. The summed E-state index contributed by atoms with van der Waals surface area (Å²) < 4.78 is 36.8. The summed E-state index contributed by atoms with van der Waals surface area (Å²) in [6, 6.07) is 13.1. The zero-order valence-electron chi connectivity index (χ0n) is 20.7. The first-order valence-corrected chi connectivity index (χ1v) is 11.5. The van der Waals surface area contributed by atoms with E-state index in [0.29, 0.717) is 5.47 Å². The standard InChI is InChI=1S/C26H31BFNO6/c1-6-32-23(30)22-13-12-21(28)15-19(22)14-20(27-34-25(2,3)26(4,5)35-27)16-29-24(31)33-17-18-10-8-7-9-11-18/h7-15H,6,16-17H2,1-5H3,(H,29,31). The zero-order valence-corrected chi connectivity index (χ0v) is 20.7. The Bertz CT molecular complexity index is 1070. The Morgan fingerprint density at radius 2 is 1.69 bits per heavy atom. The van der Waals surface area contributed by atoms with Gasteiger partial charge in [-0.25, -0.2) is 14.0 Å². The van der Waals surface area contributed by atoms with Crippen LogP contribution in [0.3, 0.4) is 0 Å². The SMILES string of the molecule is CCOC(=O)c1ccc(F)cc1C=C(CNC(=O)OCc1ccccc1)B1OC(C)(C)C(C)(C)O1. The number of halogens is 1. The molecule has 1 fully saturated rings. The highest BCUT2D eigenvalue weighted by atomic mass is 19.1. The van der Waals surface area contributed by atoms with E-state index in [1.54, 1.807) is 13.0 Å². The Morgan fingerprint density at radius 1 is 1.03 bits per heavy atom. The van der Waals surface area contributed by atoms with Crippen LogP contribution in [0.1, 0.15) is 56.1 Å². The van der Waals surface area contributed by atoms with Gasteiger partial charge in [0, 0.05) is 6.54 Å². The number of hydrogen-bond acceptors (Lipinski definition) is 6. The molecule has 1 saturated heterocycles. The first kappa shape index (κ1) is 26.4. The van der Waals surface area contributed by atoms with E-state index in [1.807, 2.05) is 58.0 Å². The molecule has 35 heavy (non-hydrogen) atoms. The van der Waals surface area contributed by atoms with Crippen LogP contribution in [0.2, 0.25) is 0 Å². The minimum Gasteiger partial charge on any atom is -0.462 e. The van der Waals surface area contributed by atoms with Crippen LogP contribution < -0.4 is 5.32 Å². The number of hydrogen-bond donors (Lipinski definition) is 1. The van der Waals surface area contributed by atoms with Gasteiger partial charge in [-0.1, -0.05) is 36.4 Å². The van der Waals surface area contributed by atoms with E-state index in [0.717, 1.165) is 5.56 Å². The highest BCUT2D eigenvalue weighted by Gasteiger charge is 2.52. The fourth-order valence-corrected chi connectivity index (χ4v) is 3.39. The van der Waals surface area contributed by atoms with Gasteiger partial charge >= 0.3 is 19.2 Å². The smallest absolute Gasteiger partial charge is 0.462 e. The lowest BCUT2D eigenvalue weighted by Crippen LogP contribution is -2.41. The van der Waals surface area contributed by atoms with Crippen molar-refractivity contribution in [3.63, 3.8) is 0 Å². The summed E-state index contributed by atoms with van der Waals surface area (Å²) in [5, 5.41) is 2.69. The molecule has 1 aliphatic heterocycles. The van der Waals surface area contributed by atoms with Crippen molar-refractivity contribution in [3.05, 3.63) is 76.5 Å². The molecule has 0 radical (unpaired) electrons. The fraction of sp³-hybridized carbons (Fsp3) is 0.385. The summed E-state index contributed by atoms with van der Waals surface area (Å²) in [6.45, 7) is 9.58. The van der Waals surface area contributed by atoms with Gasteiger partial charge in [-0.3, -0.25) is 0 Å². The van der Waals surface area contributed by atoms with E-state index in [9.17, 15) is 14.0 Å². The van der Waals surface area contributed by atoms with Gasteiger partial charge in [-0.15, -0.1) is 0 Å². The number of ether oxygens (including phenoxy) is 2.